The summed E-state index contributed by atoms with van der Waals surface area (Å²) in [6, 6.07) is 22.8. The fourth-order valence-electron chi connectivity index (χ4n) is 11.3. The summed E-state index contributed by atoms with van der Waals surface area (Å²) >= 11 is 14.0. The average Bonchev–Trinajstić information content (AvgIpc) is 1.57. The SMILES string of the molecule is CC(=O)NC(CCCCN)C(=O)NC(C(=O)NC(CCCNC(N)=O)C(=O)Nc1ccc(COC(=O)N(C)CCN(C)C(=O)Oc2cc3c(c4ccccc24)C(CCl)CN3C(=O)c2ccc(C(=O)N3CC(CCl)c4c3cc(OP(=O)(O)O)c3ccccc43)s2)cc1)C(C)C. The van der Waals surface area contributed by atoms with Gasteiger partial charge in [-0.1, -0.05) is 74.5 Å². The molecule has 94 heavy (non-hydrogen) atoms. The molecular weight excluding hydrogens is 1300 g/mol. The molecule has 0 aliphatic carbocycles. The number of rotatable bonds is 28. The van der Waals surface area contributed by atoms with Gasteiger partial charge in [-0.3, -0.25) is 38.6 Å². The number of amides is 10. The highest BCUT2D eigenvalue weighted by molar-refractivity contribution is 7.46. The van der Waals surface area contributed by atoms with Gasteiger partial charge < -0.3 is 71.6 Å². The van der Waals surface area contributed by atoms with E-state index in [0.717, 1.165) is 22.5 Å². The number of primary amides is 1. The van der Waals surface area contributed by atoms with Crippen molar-refractivity contribution in [3.63, 3.8) is 0 Å². The number of alkyl halides is 2. The van der Waals surface area contributed by atoms with Gasteiger partial charge in [-0.05, 0) is 96.3 Å². The van der Waals surface area contributed by atoms with Gasteiger partial charge in [-0.25, -0.2) is 18.9 Å². The van der Waals surface area contributed by atoms with Crippen molar-refractivity contribution in [2.45, 2.75) is 89.4 Å². The van der Waals surface area contributed by atoms with Crippen LogP contribution in [0.3, 0.4) is 0 Å². The molecule has 10 amide bonds. The maximum Gasteiger partial charge on any atom is 0.524 e. The predicted octanol–water partition coefficient (Wildman–Crippen LogP) is 7.84. The van der Waals surface area contributed by atoms with Crippen LogP contribution in [0.25, 0.3) is 21.5 Å². The summed E-state index contributed by atoms with van der Waals surface area (Å²) in [6.07, 6.45) is 0.328. The van der Waals surface area contributed by atoms with Crippen LogP contribution in [-0.4, -0.2) is 156 Å². The number of hydrogen-bond acceptors (Lipinski definition) is 15. The Morgan fingerprint density at radius 2 is 1.20 bits per heavy atom. The van der Waals surface area contributed by atoms with Crippen LogP contribution in [0.2, 0.25) is 0 Å². The molecule has 3 heterocycles. The molecule has 6 aromatic rings. The lowest BCUT2D eigenvalue weighted by atomic mass is 9.95. The van der Waals surface area contributed by atoms with Crippen LogP contribution < -0.4 is 57.1 Å². The molecule has 26 nitrogen and oxygen atoms in total. The number of nitrogens with two attached hydrogens (primary N) is 2. The van der Waals surface area contributed by atoms with E-state index in [1.54, 1.807) is 97.6 Å². The lowest BCUT2D eigenvalue weighted by Crippen LogP contribution is -2.57. The number of carbonyl (C=O) groups excluding carboxylic acids is 9. The summed E-state index contributed by atoms with van der Waals surface area (Å²) < 4.78 is 28.8. The molecule has 502 valence electrons. The lowest BCUT2D eigenvalue weighted by molar-refractivity contribution is -0.133. The number of ether oxygens (including phenoxy) is 2. The number of likely N-dealkylation sites (N-methyl/N-ethyl adjacent to an activating group) is 2. The van der Waals surface area contributed by atoms with Crippen LogP contribution in [0.15, 0.2) is 97.1 Å². The molecular formula is C64H76Cl2N11O15PS. The second-order valence-electron chi connectivity index (χ2n) is 23.2. The normalized spacial score (nSPS) is 15.1. The number of hydrogen-bond donors (Lipinski definition) is 9. The van der Waals surface area contributed by atoms with Crippen LogP contribution in [-0.2, 0) is 35.1 Å². The third-order valence-corrected chi connectivity index (χ3v) is 18.3. The number of phosphoric acid groups is 1. The van der Waals surface area contributed by atoms with E-state index in [0.29, 0.717) is 70.0 Å². The van der Waals surface area contributed by atoms with E-state index in [1.807, 2.05) is 12.1 Å². The number of urea groups is 1. The molecule has 0 radical (unpaired) electrons. The molecule has 5 atom stereocenters. The number of fused-ring (bicyclic) bond motifs is 6. The number of unbranched alkanes of at least 4 members (excludes halogenated alkanes) is 1. The van der Waals surface area contributed by atoms with Crippen LogP contribution in [0.5, 0.6) is 11.5 Å². The molecule has 8 rings (SSSR count). The number of thiophene rings is 1. The number of nitrogens with zero attached hydrogens (tertiary/aromatic N) is 4. The Bertz CT molecular complexity index is 3870. The van der Waals surface area contributed by atoms with Gasteiger partial charge >= 0.3 is 26.0 Å². The second kappa shape index (κ2) is 32.0. The highest BCUT2D eigenvalue weighted by atomic mass is 35.5. The van der Waals surface area contributed by atoms with E-state index >= 15 is 0 Å². The largest absolute Gasteiger partial charge is 0.524 e. The molecule has 2 aliphatic heterocycles. The summed E-state index contributed by atoms with van der Waals surface area (Å²) in [4.78, 5) is 146. The minimum absolute atomic E-state index is 0.0130. The predicted molar refractivity (Wildman–Crippen MR) is 358 cm³/mol. The monoisotopic (exact) mass is 1370 g/mol. The third-order valence-electron chi connectivity index (χ3n) is 16.0. The van der Waals surface area contributed by atoms with Crippen LogP contribution in [0, 0.1) is 5.92 Å². The minimum atomic E-state index is -5.01. The van der Waals surface area contributed by atoms with Gasteiger partial charge in [0.1, 0.15) is 36.2 Å². The maximum atomic E-state index is 14.7. The first-order valence-electron chi connectivity index (χ1n) is 30.3. The maximum absolute atomic E-state index is 14.7. The topological polar surface area (TPSA) is 364 Å². The van der Waals surface area contributed by atoms with Gasteiger partial charge in [-0.15, -0.1) is 34.5 Å². The van der Waals surface area contributed by atoms with E-state index < -0.39 is 85.5 Å². The van der Waals surface area contributed by atoms with Crippen molar-refractivity contribution < 1.29 is 71.5 Å². The van der Waals surface area contributed by atoms with Crippen LogP contribution in [0.1, 0.15) is 101 Å². The fourth-order valence-corrected chi connectivity index (χ4v) is 13.1. The van der Waals surface area contributed by atoms with E-state index in [-0.39, 0.29) is 97.0 Å². The first-order valence-corrected chi connectivity index (χ1v) is 33.8. The van der Waals surface area contributed by atoms with E-state index in [9.17, 15) is 57.5 Å². The van der Waals surface area contributed by atoms with Crippen molar-refractivity contribution in [2.24, 2.45) is 17.4 Å². The zero-order valence-electron chi connectivity index (χ0n) is 52.4. The summed E-state index contributed by atoms with van der Waals surface area (Å²) in [6.45, 7) is 5.44. The molecule has 30 heteroatoms. The summed E-state index contributed by atoms with van der Waals surface area (Å²) in [5, 5.41) is 15.7. The number of benzene rings is 5. The zero-order valence-corrected chi connectivity index (χ0v) is 55.6. The van der Waals surface area contributed by atoms with Gasteiger partial charge in [0, 0.05) is 106 Å². The highest BCUT2D eigenvalue weighted by Gasteiger charge is 2.40. The molecule has 0 saturated carbocycles. The molecule has 0 bridgehead atoms. The Hall–Kier alpha value is -8.56. The van der Waals surface area contributed by atoms with Crippen molar-refractivity contribution in [1.82, 2.24) is 31.1 Å². The number of nitrogens with one attached hydrogen (secondary N) is 5. The summed E-state index contributed by atoms with van der Waals surface area (Å²) in [7, 11) is -2.01. The Balaban J connectivity index is 0.872. The summed E-state index contributed by atoms with van der Waals surface area (Å²) in [5.41, 5.74) is 14.1. The fraction of sp³-hybridized carbons (Fsp3) is 0.391. The van der Waals surface area contributed by atoms with Crippen molar-refractivity contribution >= 4 is 135 Å². The third kappa shape index (κ3) is 17.6. The van der Waals surface area contributed by atoms with E-state index in [1.165, 1.54) is 41.8 Å². The van der Waals surface area contributed by atoms with Crippen molar-refractivity contribution in [1.29, 1.82) is 0 Å². The van der Waals surface area contributed by atoms with Gasteiger partial charge in [0.25, 0.3) is 11.8 Å². The first-order chi connectivity index (χ1) is 44.8. The molecule has 0 spiro atoms. The Morgan fingerprint density at radius 3 is 1.72 bits per heavy atom. The van der Waals surface area contributed by atoms with Crippen molar-refractivity contribution in [3.05, 3.63) is 124 Å². The summed E-state index contributed by atoms with van der Waals surface area (Å²) in [5.74, 6) is -3.89. The standard InChI is InChI=1S/C64H76Cl2N11O15PS/c1-36(2)56(73-58(80)46(70-37(3)78)17-10-11-25-67)59(81)72-47(18-12-26-69-62(68)84)57(79)71-41-21-19-38(20-22-41)35-90-63(85)74(4)27-28-75(5)64(86)91-50-29-48-54(44-15-8-6-13-42(44)50)39(31-65)33-76(48)60(82)52-23-24-53(94-52)61(83)77-34-40(32-66)55-45-16-9-7-14-43(45)51(30-49(55)77)92-93(87,88)89/h6-9,13-16,19-24,29-30,36,39-40,46-47,56H,10-12,17-18,25-28,31-35,67H2,1-5H3,(H,70,78)(H,71,79)(H,72,81)(H,73,80)(H3,68,69,84)(H2,87,88,89). The first kappa shape index (κ1) is 71.3. The zero-order chi connectivity index (χ0) is 68.1. The van der Waals surface area contributed by atoms with Crippen LogP contribution >= 0.6 is 42.4 Å². The molecule has 0 saturated heterocycles. The average molecular weight is 1370 g/mol. The molecule has 0 fully saturated rings. The van der Waals surface area contributed by atoms with E-state index in [4.69, 9.17) is 48.7 Å². The van der Waals surface area contributed by atoms with Gasteiger partial charge in [0.15, 0.2) is 0 Å². The molecule has 1 aromatic heterocycles. The van der Waals surface area contributed by atoms with Crippen molar-refractivity contribution in [3.8, 4) is 11.5 Å². The number of phosphoric ester groups is 1. The smallest absolute Gasteiger partial charge is 0.445 e. The van der Waals surface area contributed by atoms with Gasteiger partial charge in [0.05, 0.1) is 21.1 Å². The second-order valence-corrected chi connectivity index (χ2v) is 26.1. The van der Waals surface area contributed by atoms with Crippen molar-refractivity contribution in [2.75, 3.05) is 80.2 Å². The Labute approximate surface area is 556 Å². The molecule has 5 aromatic carbocycles. The van der Waals surface area contributed by atoms with E-state index in [2.05, 4.69) is 26.6 Å². The van der Waals surface area contributed by atoms with Gasteiger partial charge in [0.2, 0.25) is 23.6 Å². The lowest BCUT2D eigenvalue weighted by Gasteiger charge is -2.27. The number of halogens is 2. The highest BCUT2D eigenvalue weighted by Crippen LogP contribution is 2.50. The Morgan fingerprint density at radius 1 is 0.681 bits per heavy atom. The number of anilines is 3. The quantitative estimate of drug-likeness (QED) is 0.0128. The Kier molecular flexibility index (Phi) is 24.3. The van der Waals surface area contributed by atoms with Gasteiger partial charge in [-0.2, -0.15) is 0 Å². The number of carbonyl (C=O) groups is 9. The molecule has 11 N–H and O–H groups in total. The molecule has 2 aliphatic rings. The molecule has 5 unspecified atom stereocenters. The van der Waals surface area contributed by atoms with Crippen LogP contribution in [0.4, 0.5) is 31.4 Å². The minimum Gasteiger partial charge on any atom is -0.445 e.